The molecule has 0 amide bonds. The van der Waals surface area contributed by atoms with Crippen LogP contribution in [0.3, 0.4) is 0 Å². The first kappa shape index (κ1) is 19.3. The van der Waals surface area contributed by atoms with Crippen LogP contribution < -0.4 is 10.9 Å². The predicted molar refractivity (Wildman–Crippen MR) is 105 cm³/mol. The SMILES string of the molecule is O=c1c(Cc2cccc(Cl)c2)c(-c2ccc(C(F)(F)F)cc2)[nH]n1C1=NCCN1. The highest BCUT2D eigenvalue weighted by molar-refractivity contribution is 6.30. The zero-order valence-electron chi connectivity index (χ0n) is 15.1. The molecular weight excluding hydrogens is 405 g/mol. The molecule has 3 aromatic rings. The summed E-state index contributed by atoms with van der Waals surface area (Å²) < 4.78 is 40.0. The van der Waals surface area contributed by atoms with E-state index in [1.54, 1.807) is 18.2 Å². The average molecular weight is 421 g/mol. The van der Waals surface area contributed by atoms with Crippen LogP contribution in [0, 0.1) is 0 Å². The van der Waals surface area contributed by atoms with Gasteiger partial charge >= 0.3 is 6.18 Å². The molecule has 9 heteroatoms. The highest BCUT2D eigenvalue weighted by Gasteiger charge is 2.30. The van der Waals surface area contributed by atoms with Crippen molar-refractivity contribution >= 4 is 17.6 Å². The van der Waals surface area contributed by atoms with Gasteiger partial charge in [-0.1, -0.05) is 35.9 Å². The molecule has 2 N–H and O–H groups in total. The number of hydrogen-bond donors (Lipinski definition) is 2. The summed E-state index contributed by atoms with van der Waals surface area (Å²) >= 11 is 6.05. The molecule has 0 bridgehead atoms. The lowest BCUT2D eigenvalue weighted by Crippen LogP contribution is -2.34. The Morgan fingerprint density at radius 3 is 2.52 bits per heavy atom. The van der Waals surface area contributed by atoms with Crippen molar-refractivity contribution in [1.29, 1.82) is 0 Å². The van der Waals surface area contributed by atoms with Crippen LogP contribution in [-0.4, -0.2) is 28.8 Å². The first-order valence-corrected chi connectivity index (χ1v) is 9.25. The molecule has 1 aromatic heterocycles. The average Bonchev–Trinajstić information content (AvgIpc) is 3.30. The Labute approximate surface area is 168 Å². The minimum Gasteiger partial charge on any atom is -0.353 e. The van der Waals surface area contributed by atoms with Crippen molar-refractivity contribution in [1.82, 2.24) is 15.1 Å². The third kappa shape index (κ3) is 3.93. The maximum atomic E-state index is 13.1. The fourth-order valence-electron chi connectivity index (χ4n) is 3.24. The number of rotatable bonds is 3. The normalized spacial score (nSPS) is 14.0. The Balaban J connectivity index is 1.81. The van der Waals surface area contributed by atoms with Crippen LogP contribution in [-0.2, 0) is 12.6 Å². The first-order chi connectivity index (χ1) is 13.8. The van der Waals surface area contributed by atoms with Crippen molar-refractivity contribution < 1.29 is 13.2 Å². The maximum absolute atomic E-state index is 13.1. The molecule has 2 aromatic carbocycles. The number of benzene rings is 2. The summed E-state index contributed by atoms with van der Waals surface area (Å²) in [6.07, 6.45) is -4.16. The molecule has 5 nitrogen and oxygen atoms in total. The van der Waals surface area contributed by atoms with Crippen molar-refractivity contribution in [2.24, 2.45) is 4.99 Å². The number of nitrogens with one attached hydrogen (secondary N) is 2. The van der Waals surface area contributed by atoms with Crippen molar-refractivity contribution in [3.05, 3.63) is 80.6 Å². The third-order valence-corrected chi connectivity index (χ3v) is 4.86. The van der Waals surface area contributed by atoms with E-state index in [1.807, 2.05) is 6.07 Å². The van der Waals surface area contributed by atoms with E-state index in [9.17, 15) is 18.0 Å². The lowest BCUT2D eigenvalue weighted by molar-refractivity contribution is -0.137. The molecular formula is C20H16ClF3N4O. The number of H-pyrrole nitrogens is 1. The zero-order valence-corrected chi connectivity index (χ0v) is 15.8. The summed E-state index contributed by atoms with van der Waals surface area (Å²) in [6.45, 7) is 1.15. The quantitative estimate of drug-likeness (QED) is 0.674. The zero-order chi connectivity index (χ0) is 20.6. The molecule has 0 saturated heterocycles. The summed E-state index contributed by atoms with van der Waals surface area (Å²) in [7, 11) is 0. The Kier molecular flexibility index (Phi) is 4.96. The van der Waals surface area contributed by atoms with Crippen LogP contribution in [0.15, 0.2) is 58.3 Å². The standard InChI is InChI=1S/C20H16ClF3N4O/c21-15-3-1-2-12(10-15)11-16-17(13-4-6-14(7-5-13)20(22,23)24)27-28(18(16)29)19-25-8-9-26-19/h1-7,10,27H,8-9,11H2,(H,25,26). The maximum Gasteiger partial charge on any atom is 0.416 e. The number of aliphatic imine (C=N–C) groups is 1. The molecule has 0 atom stereocenters. The Morgan fingerprint density at radius 2 is 1.90 bits per heavy atom. The molecule has 1 aliphatic rings. The molecule has 0 aliphatic carbocycles. The molecule has 2 heterocycles. The molecule has 4 rings (SSSR count). The topological polar surface area (TPSA) is 62.2 Å². The van der Waals surface area contributed by atoms with Crippen LogP contribution in [0.5, 0.6) is 0 Å². The van der Waals surface area contributed by atoms with Crippen molar-refractivity contribution in [3.63, 3.8) is 0 Å². The van der Waals surface area contributed by atoms with Gasteiger partial charge in [0, 0.05) is 23.6 Å². The van der Waals surface area contributed by atoms with Crippen molar-refractivity contribution in [3.8, 4) is 11.3 Å². The first-order valence-electron chi connectivity index (χ1n) is 8.87. The summed E-state index contributed by atoms with van der Waals surface area (Å²) in [6, 6.07) is 11.8. The van der Waals surface area contributed by atoms with Gasteiger partial charge in [-0.3, -0.25) is 9.89 Å². The van der Waals surface area contributed by atoms with Gasteiger partial charge in [0.05, 0.1) is 17.8 Å². The molecule has 0 saturated carbocycles. The number of alkyl halides is 3. The fourth-order valence-corrected chi connectivity index (χ4v) is 3.45. The summed E-state index contributed by atoms with van der Waals surface area (Å²) in [5.74, 6) is 0.389. The van der Waals surface area contributed by atoms with E-state index in [-0.39, 0.29) is 12.0 Å². The van der Waals surface area contributed by atoms with Gasteiger partial charge in [0.1, 0.15) is 0 Å². The van der Waals surface area contributed by atoms with Gasteiger partial charge in [-0.05, 0) is 35.4 Å². The Bertz CT molecular complexity index is 1130. The summed E-state index contributed by atoms with van der Waals surface area (Å²) in [5.41, 5.74) is 1.09. The minimum absolute atomic E-state index is 0.270. The van der Waals surface area contributed by atoms with Gasteiger partial charge < -0.3 is 5.32 Å². The van der Waals surface area contributed by atoms with Gasteiger partial charge in [-0.2, -0.15) is 17.9 Å². The second kappa shape index (κ2) is 7.44. The lowest BCUT2D eigenvalue weighted by Gasteiger charge is -2.08. The highest BCUT2D eigenvalue weighted by atomic mass is 35.5. The van der Waals surface area contributed by atoms with E-state index in [4.69, 9.17) is 11.6 Å². The summed E-state index contributed by atoms with van der Waals surface area (Å²) in [5, 5.41) is 6.56. The van der Waals surface area contributed by atoms with E-state index in [0.717, 1.165) is 17.7 Å². The Hall–Kier alpha value is -3.00. The second-order valence-electron chi connectivity index (χ2n) is 6.62. The van der Waals surface area contributed by atoms with E-state index in [1.165, 1.54) is 16.8 Å². The second-order valence-corrected chi connectivity index (χ2v) is 7.06. The van der Waals surface area contributed by atoms with Crippen LogP contribution in [0.2, 0.25) is 5.02 Å². The van der Waals surface area contributed by atoms with Crippen LogP contribution in [0.25, 0.3) is 11.3 Å². The molecule has 0 unspecified atom stereocenters. The van der Waals surface area contributed by atoms with Gasteiger partial charge in [-0.15, -0.1) is 0 Å². The molecule has 0 radical (unpaired) electrons. The molecule has 1 aliphatic heterocycles. The molecule has 0 fully saturated rings. The largest absolute Gasteiger partial charge is 0.416 e. The Morgan fingerprint density at radius 1 is 1.14 bits per heavy atom. The van der Waals surface area contributed by atoms with E-state index < -0.39 is 11.7 Å². The van der Waals surface area contributed by atoms with Crippen LogP contribution in [0.1, 0.15) is 16.7 Å². The van der Waals surface area contributed by atoms with Gasteiger partial charge in [0.15, 0.2) is 0 Å². The van der Waals surface area contributed by atoms with E-state index >= 15 is 0 Å². The molecule has 150 valence electrons. The van der Waals surface area contributed by atoms with Crippen molar-refractivity contribution in [2.45, 2.75) is 12.6 Å². The van der Waals surface area contributed by atoms with Gasteiger partial charge in [0.25, 0.3) is 5.56 Å². The minimum atomic E-state index is -4.43. The lowest BCUT2D eigenvalue weighted by atomic mass is 10.0. The third-order valence-electron chi connectivity index (χ3n) is 4.63. The van der Waals surface area contributed by atoms with Crippen molar-refractivity contribution in [2.75, 3.05) is 13.1 Å². The van der Waals surface area contributed by atoms with E-state index in [0.29, 0.717) is 40.9 Å². The van der Waals surface area contributed by atoms with Gasteiger partial charge in [-0.25, -0.2) is 4.99 Å². The summed E-state index contributed by atoms with van der Waals surface area (Å²) in [4.78, 5) is 17.3. The number of halogens is 4. The van der Waals surface area contributed by atoms with Gasteiger partial charge in [0.2, 0.25) is 5.96 Å². The number of hydrogen-bond acceptors (Lipinski definition) is 3. The number of aromatic nitrogens is 2. The molecule has 29 heavy (non-hydrogen) atoms. The highest BCUT2D eigenvalue weighted by Crippen LogP contribution is 2.31. The van der Waals surface area contributed by atoms with E-state index in [2.05, 4.69) is 15.4 Å². The monoisotopic (exact) mass is 420 g/mol. The molecule has 0 spiro atoms. The van der Waals surface area contributed by atoms with Crippen LogP contribution >= 0.6 is 11.6 Å². The van der Waals surface area contributed by atoms with Crippen LogP contribution in [0.4, 0.5) is 13.2 Å². The fraction of sp³-hybridized carbons (Fsp3) is 0.200. The number of aromatic amines is 1. The number of nitrogens with zero attached hydrogens (tertiary/aromatic N) is 2. The smallest absolute Gasteiger partial charge is 0.353 e. The predicted octanol–water partition coefficient (Wildman–Crippen LogP) is 3.91.